The first-order valence-electron chi connectivity index (χ1n) is 5.75. The van der Waals surface area contributed by atoms with Crippen molar-refractivity contribution in [3.63, 3.8) is 0 Å². The van der Waals surface area contributed by atoms with E-state index in [-0.39, 0.29) is 24.8 Å². The lowest BCUT2D eigenvalue weighted by molar-refractivity contribution is -0.144. The molecule has 1 rings (SSSR count). The van der Waals surface area contributed by atoms with Gasteiger partial charge in [-0.25, -0.2) is 0 Å². The maximum atomic E-state index is 11.1. The van der Waals surface area contributed by atoms with Gasteiger partial charge in [-0.05, 0) is 25.7 Å². The van der Waals surface area contributed by atoms with Crippen LogP contribution in [0.3, 0.4) is 0 Å². The first-order chi connectivity index (χ1) is 7.79. The molecule has 0 amide bonds. The number of cyclic esters (lactones) is 2. The summed E-state index contributed by atoms with van der Waals surface area (Å²) in [5, 5.41) is 0. The number of esters is 2. The molecule has 0 aromatic carbocycles. The van der Waals surface area contributed by atoms with Gasteiger partial charge in [0.1, 0.15) is 0 Å². The van der Waals surface area contributed by atoms with Crippen LogP contribution < -0.4 is 0 Å². The molecule has 1 aliphatic rings. The van der Waals surface area contributed by atoms with Crippen molar-refractivity contribution in [2.24, 2.45) is 0 Å². The van der Waals surface area contributed by atoms with Gasteiger partial charge in [0.25, 0.3) is 0 Å². The fourth-order valence-corrected chi connectivity index (χ4v) is 1.41. The molecule has 4 nitrogen and oxygen atoms in total. The van der Waals surface area contributed by atoms with Crippen molar-refractivity contribution in [1.82, 2.24) is 0 Å². The molecule has 0 radical (unpaired) electrons. The molecule has 0 saturated heterocycles. The zero-order chi connectivity index (χ0) is 11.6. The largest absolute Gasteiger partial charge is 0.465 e. The highest BCUT2D eigenvalue weighted by molar-refractivity contribution is 5.73. The molecule has 0 aromatic rings. The molecule has 1 aliphatic heterocycles. The normalized spacial score (nSPS) is 22.8. The van der Waals surface area contributed by atoms with Crippen LogP contribution in [-0.4, -0.2) is 25.2 Å². The maximum absolute atomic E-state index is 11.1. The summed E-state index contributed by atoms with van der Waals surface area (Å²) in [5.74, 6) is -0.469. The Bertz CT molecular complexity index is 232. The van der Waals surface area contributed by atoms with Gasteiger partial charge in [0.05, 0.1) is 26.1 Å². The Labute approximate surface area is 95.6 Å². The second-order valence-corrected chi connectivity index (χ2v) is 3.73. The van der Waals surface area contributed by atoms with Crippen LogP contribution >= 0.6 is 0 Å². The molecule has 16 heavy (non-hydrogen) atoms. The smallest absolute Gasteiger partial charge is 0.309 e. The van der Waals surface area contributed by atoms with Crippen molar-refractivity contribution >= 4 is 11.9 Å². The third kappa shape index (κ3) is 6.22. The molecule has 0 N–H and O–H groups in total. The molecule has 0 fully saturated rings. The molecular weight excluding hydrogens is 208 g/mol. The third-order valence-electron chi connectivity index (χ3n) is 2.30. The molecule has 1 heterocycles. The summed E-state index contributed by atoms with van der Waals surface area (Å²) in [6, 6.07) is 0. The van der Waals surface area contributed by atoms with E-state index < -0.39 is 0 Å². The molecule has 0 aromatic heterocycles. The van der Waals surface area contributed by atoms with E-state index in [1.165, 1.54) is 0 Å². The molecule has 4 heteroatoms. The predicted octanol–water partition coefficient (Wildman–Crippen LogP) is 1.98. The van der Waals surface area contributed by atoms with Gasteiger partial charge in [0, 0.05) is 0 Å². The molecule has 0 spiro atoms. The zero-order valence-corrected chi connectivity index (χ0v) is 9.44. The Morgan fingerprint density at radius 1 is 0.750 bits per heavy atom. The Morgan fingerprint density at radius 2 is 1.19 bits per heavy atom. The summed E-state index contributed by atoms with van der Waals surface area (Å²) >= 11 is 0. The molecule has 0 aliphatic carbocycles. The van der Waals surface area contributed by atoms with E-state index in [1.807, 2.05) is 0 Å². The lowest BCUT2D eigenvalue weighted by Gasteiger charge is -2.05. The Balaban J connectivity index is 2.34. The van der Waals surface area contributed by atoms with Crippen molar-refractivity contribution < 1.29 is 19.1 Å². The quantitative estimate of drug-likeness (QED) is 0.468. The molecule has 0 bridgehead atoms. The van der Waals surface area contributed by atoms with E-state index in [4.69, 9.17) is 9.47 Å². The van der Waals surface area contributed by atoms with Crippen molar-refractivity contribution in [3.8, 4) is 0 Å². The van der Waals surface area contributed by atoms with Crippen molar-refractivity contribution in [2.45, 2.75) is 38.5 Å². The molecule has 0 saturated carbocycles. The Morgan fingerprint density at radius 3 is 1.62 bits per heavy atom. The zero-order valence-electron chi connectivity index (χ0n) is 9.44. The highest BCUT2D eigenvalue weighted by Crippen LogP contribution is 2.03. The highest BCUT2D eigenvalue weighted by Gasteiger charge is 2.03. The molecule has 90 valence electrons. The van der Waals surface area contributed by atoms with E-state index in [9.17, 15) is 9.59 Å². The first kappa shape index (κ1) is 12.7. The predicted molar refractivity (Wildman–Crippen MR) is 58.8 cm³/mol. The monoisotopic (exact) mass is 226 g/mol. The van der Waals surface area contributed by atoms with Gasteiger partial charge in [0.2, 0.25) is 0 Å². The molecule has 0 unspecified atom stereocenters. The second-order valence-electron chi connectivity index (χ2n) is 3.73. The maximum Gasteiger partial charge on any atom is 0.309 e. The summed E-state index contributed by atoms with van der Waals surface area (Å²) in [6.07, 6.45) is 7.51. The highest BCUT2D eigenvalue weighted by atomic mass is 16.5. The molecular formula is C12H18O4. The minimum absolute atomic E-state index is 0.229. The molecule has 0 atom stereocenters. The second kappa shape index (κ2) is 7.91. The van der Waals surface area contributed by atoms with Gasteiger partial charge in [-0.2, -0.15) is 0 Å². The van der Waals surface area contributed by atoms with Crippen LogP contribution in [-0.2, 0) is 19.1 Å². The van der Waals surface area contributed by atoms with Gasteiger partial charge in [0.15, 0.2) is 0 Å². The van der Waals surface area contributed by atoms with Crippen molar-refractivity contribution in [1.29, 1.82) is 0 Å². The van der Waals surface area contributed by atoms with Crippen molar-refractivity contribution in [3.05, 3.63) is 12.2 Å². The van der Waals surface area contributed by atoms with Crippen LogP contribution in [0.1, 0.15) is 38.5 Å². The van der Waals surface area contributed by atoms with Gasteiger partial charge >= 0.3 is 11.9 Å². The van der Waals surface area contributed by atoms with Gasteiger partial charge in [-0.15, -0.1) is 0 Å². The number of rotatable bonds is 0. The van der Waals surface area contributed by atoms with Crippen molar-refractivity contribution in [2.75, 3.05) is 13.2 Å². The fraction of sp³-hybridized carbons (Fsp3) is 0.667. The lowest BCUT2D eigenvalue weighted by atomic mass is 10.2. The Hall–Kier alpha value is -1.32. The third-order valence-corrected chi connectivity index (χ3v) is 2.30. The van der Waals surface area contributed by atoms with Crippen LogP contribution in [0.15, 0.2) is 12.2 Å². The van der Waals surface area contributed by atoms with E-state index >= 15 is 0 Å². The minimum Gasteiger partial charge on any atom is -0.465 e. The van der Waals surface area contributed by atoms with Gasteiger partial charge < -0.3 is 9.47 Å². The number of hydrogen-bond acceptors (Lipinski definition) is 4. The average molecular weight is 226 g/mol. The van der Waals surface area contributed by atoms with Gasteiger partial charge in [-0.1, -0.05) is 12.2 Å². The number of hydrogen-bond donors (Lipinski definition) is 0. The first-order valence-corrected chi connectivity index (χ1v) is 5.75. The number of ether oxygens (including phenoxy) is 2. The summed E-state index contributed by atoms with van der Waals surface area (Å²) in [5.41, 5.74) is 0. The average Bonchev–Trinajstić information content (AvgIpc) is 2.27. The van der Waals surface area contributed by atoms with Crippen LogP contribution in [0.25, 0.3) is 0 Å². The van der Waals surface area contributed by atoms with Gasteiger partial charge in [-0.3, -0.25) is 9.59 Å². The topological polar surface area (TPSA) is 52.6 Å². The summed E-state index contributed by atoms with van der Waals surface area (Å²) in [7, 11) is 0. The summed E-state index contributed by atoms with van der Waals surface area (Å²) in [4.78, 5) is 22.3. The summed E-state index contributed by atoms with van der Waals surface area (Å²) in [6.45, 7) is 0.985. The van der Waals surface area contributed by atoms with Crippen LogP contribution in [0.5, 0.6) is 0 Å². The van der Waals surface area contributed by atoms with Crippen LogP contribution in [0.4, 0.5) is 0 Å². The van der Waals surface area contributed by atoms with E-state index in [0.717, 1.165) is 25.7 Å². The van der Waals surface area contributed by atoms with Crippen LogP contribution in [0, 0.1) is 0 Å². The lowest BCUT2D eigenvalue weighted by Crippen LogP contribution is -2.07. The van der Waals surface area contributed by atoms with Crippen LogP contribution in [0.2, 0.25) is 0 Å². The Kier molecular flexibility index (Phi) is 6.30. The SMILES string of the molecule is O=C1C/C=C\CC(=O)OCCCCCCO1. The number of carbonyl (C=O) groups excluding carboxylic acids is 2. The van der Waals surface area contributed by atoms with E-state index in [2.05, 4.69) is 0 Å². The standard InChI is InChI=1S/C12H18O4/c13-11-7-3-4-8-12(14)16-10-6-2-1-5-9-15-11/h3-4H,1-2,5-10H2/b4-3-. The summed E-state index contributed by atoms with van der Waals surface area (Å²) < 4.78 is 10.0. The van der Waals surface area contributed by atoms with E-state index in [1.54, 1.807) is 12.2 Å². The number of carbonyl (C=O) groups is 2. The fourth-order valence-electron chi connectivity index (χ4n) is 1.41. The minimum atomic E-state index is -0.235. The van der Waals surface area contributed by atoms with E-state index in [0.29, 0.717) is 13.2 Å².